The molecule has 1 aromatic heterocycles. The van der Waals surface area contributed by atoms with Crippen LogP contribution in [0.5, 0.6) is 5.75 Å². The van der Waals surface area contributed by atoms with Crippen LogP contribution < -0.4 is 15.4 Å². The number of methoxy groups -OCH3 is 1. The molecule has 1 aliphatic carbocycles. The first-order valence-corrected chi connectivity index (χ1v) is 10.4. The van der Waals surface area contributed by atoms with Gasteiger partial charge < -0.3 is 20.1 Å². The Balaban J connectivity index is 1.85. The number of hydrogen-bond acceptors (Lipinski definition) is 7. The van der Waals surface area contributed by atoms with Crippen LogP contribution in [0.15, 0.2) is 18.2 Å². The lowest BCUT2D eigenvalue weighted by Crippen LogP contribution is -2.21. The molecule has 8 nitrogen and oxygen atoms in total. The van der Waals surface area contributed by atoms with Crippen LogP contribution >= 0.6 is 23.6 Å². The number of nitro benzene ring substituents is 1. The third-order valence-corrected chi connectivity index (χ3v) is 5.94. The third kappa shape index (κ3) is 4.65. The maximum atomic E-state index is 12.5. The number of anilines is 2. The van der Waals surface area contributed by atoms with Gasteiger partial charge in [0.05, 0.1) is 30.3 Å². The average molecular weight is 436 g/mol. The van der Waals surface area contributed by atoms with E-state index in [2.05, 4.69) is 10.6 Å². The summed E-state index contributed by atoms with van der Waals surface area (Å²) < 4.78 is 10.3. The third-order valence-electron chi connectivity index (χ3n) is 4.53. The lowest BCUT2D eigenvalue weighted by atomic mass is 9.95. The number of rotatable bonds is 6. The van der Waals surface area contributed by atoms with Crippen LogP contribution in [0.1, 0.15) is 40.6 Å². The van der Waals surface area contributed by atoms with E-state index in [9.17, 15) is 14.9 Å². The van der Waals surface area contributed by atoms with E-state index in [-0.39, 0.29) is 29.1 Å². The van der Waals surface area contributed by atoms with Crippen LogP contribution in [-0.2, 0) is 17.6 Å². The maximum Gasteiger partial charge on any atom is 0.341 e. The molecular formula is C19H21N3O5S2. The van der Waals surface area contributed by atoms with Gasteiger partial charge in [-0.3, -0.25) is 10.1 Å². The fraction of sp³-hybridized carbons (Fsp3) is 0.368. The lowest BCUT2D eigenvalue weighted by molar-refractivity contribution is -0.384. The molecule has 0 saturated heterocycles. The zero-order valence-corrected chi connectivity index (χ0v) is 17.7. The number of hydrogen-bond donors (Lipinski definition) is 2. The van der Waals surface area contributed by atoms with Crippen molar-refractivity contribution in [3.63, 3.8) is 0 Å². The molecule has 154 valence electrons. The number of ether oxygens (including phenoxy) is 2. The lowest BCUT2D eigenvalue weighted by Gasteiger charge is -2.13. The minimum atomic E-state index is -0.513. The summed E-state index contributed by atoms with van der Waals surface area (Å²) in [5.41, 5.74) is 1.59. The van der Waals surface area contributed by atoms with Crippen molar-refractivity contribution in [1.82, 2.24) is 0 Å². The standard InChI is InChI=1S/C19H21N3O5S2/c1-3-27-18(23)16-12-6-4-5-7-15(12)29-17(16)21-19(28)20-13-9-8-11(26-2)10-14(13)22(24)25/h8-10H,3-7H2,1-2H3,(H2,20,21,28). The number of carbonyl (C=O) groups excluding carboxylic acids is 1. The molecule has 1 aromatic carbocycles. The smallest absolute Gasteiger partial charge is 0.341 e. The molecule has 2 N–H and O–H groups in total. The van der Waals surface area contributed by atoms with Crippen molar-refractivity contribution in [1.29, 1.82) is 0 Å². The van der Waals surface area contributed by atoms with Gasteiger partial charge in [0.25, 0.3) is 5.69 Å². The molecule has 0 bridgehead atoms. The molecule has 0 spiro atoms. The quantitative estimate of drug-likeness (QED) is 0.295. The highest BCUT2D eigenvalue weighted by Gasteiger charge is 2.27. The molecule has 29 heavy (non-hydrogen) atoms. The fourth-order valence-electron chi connectivity index (χ4n) is 3.23. The summed E-state index contributed by atoms with van der Waals surface area (Å²) in [5, 5.41) is 18.0. The van der Waals surface area contributed by atoms with Crippen LogP contribution in [0.2, 0.25) is 0 Å². The zero-order valence-electron chi connectivity index (χ0n) is 16.1. The van der Waals surface area contributed by atoms with Crippen molar-refractivity contribution in [3.05, 3.63) is 44.3 Å². The van der Waals surface area contributed by atoms with E-state index in [1.54, 1.807) is 13.0 Å². The van der Waals surface area contributed by atoms with E-state index >= 15 is 0 Å². The molecule has 1 aliphatic rings. The molecule has 0 radical (unpaired) electrons. The van der Waals surface area contributed by atoms with Crippen molar-refractivity contribution < 1.29 is 19.2 Å². The largest absolute Gasteiger partial charge is 0.496 e. The predicted molar refractivity (Wildman–Crippen MR) is 116 cm³/mol. The Morgan fingerprint density at radius 3 is 2.76 bits per heavy atom. The second-order valence-corrected chi connectivity index (χ2v) is 7.87. The van der Waals surface area contributed by atoms with E-state index in [1.165, 1.54) is 30.6 Å². The number of nitrogens with one attached hydrogen (secondary N) is 2. The summed E-state index contributed by atoms with van der Waals surface area (Å²) in [4.78, 5) is 24.5. The maximum absolute atomic E-state index is 12.5. The monoisotopic (exact) mass is 435 g/mol. The van der Waals surface area contributed by atoms with Gasteiger partial charge in [0.2, 0.25) is 0 Å². The zero-order chi connectivity index (χ0) is 21.0. The summed E-state index contributed by atoms with van der Waals surface area (Å²) >= 11 is 6.83. The highest BCUT2D eigenvalue weighted by Crippen LogP contribution is 2.39. The molecule has 0 unspecified atom stereocenters. The van der Waals surface area contributed by atoms with E-state index in [4.69, 9.17) is 21.7 Å². The summed E-state index contributed by atoms with van der Waals surface area (Å²) in [7, 11) is 1.44. The Bertz CT molecular complexity index is 958. The van der Waals surface area contributed by atoms with Gasteiger partial charge in [0, 0.05) is 4.88 Å². The van der Waals surface area contributed by atoms with E-state index in [0.717, 1.165) is 36.1 Å². The van der Waals surface area contributed by atoms with Gasteiger partial charge in [-0.2, -0.15) is 0 Å². The molecule has 3 rings (SSSR count). The minimum absolute atomic E-state index is 0.155. The van der Waals surface area contributed by atoms with Crippen molar-refractivity contribution in [2.75, 3.05) is 24.4 Å². The van der Waals surface area contributed by atoms with Crippen LogP contribution in [0.3, 0.4) is 0 Å². The topological polar surface area (TPSA) is 103 Å². The second-order valence-electron chi connectivity index (χ2n) is 6.35. The molecule has 10 heteroatoms. The number of aryl methyl sites for hydroxylation is 1. The van der Waals surface area contributed by atoms with Gasteiger partial charge in [0.15, 0.2) is 5.11 Å². The van der Waals surface area contributed by atoms with Crippen molar-refractivity contribution in [2.45, 2.75) is 32.6 Å². The van der Waals surface area contributed by atoms with Gasteiger partial charge in [-0.1, -0.05) is 0 Å². The average Bonchev–Trinajstić information content (AvgIpc) is 3.05. The number of fused-ring (bicyclic) bond motifs is 1. The molecule has 0 atom stereocenters. The Kier molecular flexibility index (Phi) is 6.65. The van der Waals surface area contributed by atoms with Gasteiger partial charge in [-0.15, -0.1) is 11.3 Å². The van der Waals surface area contributed by atoms with E-state index < -0.39 is 4.92 Å². The summed E-state index contributed by atoms with van der Waals surface area (Å²) in [6.07, 6.45) is 3.84. The Hall–Kier alpha value is -2.72. The number of thiophene rings is 1. The van der Waals surface area contributed by atoms with Gasteiger partial charge >= 0.3 is 5.97 Å². The molecule has 0 fully saturated rings. The number of benzene rings is 1. The Morgan fingerprint density at radius 1 is 1.31 bits per heavy atom. The minimum Gasteiger partial charge on any atom is -0.496 e. The first-order valence-electron chi connectivity index (χ1n) is 9.16. The predicted octanol–water partition coefficient (Wildman–Crippen LogP) is 4.53. The SMILES string of the molecule is CCOC(=O)c1c(NC(=S)Nc2ccc(OC)cc2[N+](=O)[O-])sc2c1CCCC2. The van der Waals surface area contributed by atoms with Crippen LogP contribution in [0, 0.1) is 10.1 Å². The summed E-state index contributed by atoms with van der Waals surface area (Å²) in [6, 6.07) is 4.45. The molecular weight excluding hydrogens is 414 g/mol. The van der Waals surface area contributed by atoms with Gasteiger partial charge in [0.1, 0.15) is 16.4 Å². The van der Waals surface area contributed by atoms with Gasteiger partial charge in [-0.05, 0) is 62.5 Å². The van der Waals surface area contributed by atoms with Crippen molar-refractivity contribution in [3.8, 4) is 5.75 Å². The van der Waals surface area contributed by atoms with Gasteiger partial charge in [-0.25, -0.2) is 4.79 Å². The highest BCUT2D eigenvalue weighted by molar-refractivity contribution is 7.80. The Morgan fingerprint density at radius 2 is 2.07 bits per heavy atom. The molecule has 2 aromatic rings. The number of esters is 1. The first kappa shape index (κ1) is 21.0. The number of nitro groups is 1. The number of nitrogens with zero attached hydrogens (tertiary/aromatic N) is 1. The van der Waals surface area contributed by atoms with Crippen molar-refractivity contribution >= 4 is 51.0 Å². The van der Waals surface area contributed by atoms with Crippen LogP contribution in [-0.4, -0.2) is 29.7 Å². The molecule has 0 saturated carbocycles. The number of carbonyl (C=O) groups is 1. The summed E-state index contributed by atoms with van der Waals surface area (Å²) in [6.45, 7) is 2.04. The number of thiocarbonyl (C=S) groups is 1. The van der Waals surface area contributed by atoms with Crippen LogP contribution in [0.4, 0.5) is 16.4 Å². The second kappa shape index (κ2) is 9.19. The van der Waals surface area contributed by atoms with E-state index in [1.807, 2.05) is 0 Å². The highest BCUT2D eigenvalue weighted by atomic mass is 32.1. The van der Waals surface area contributed by atoms with E-state index in [0.29, 0.717) is 16.3 Å². The Labute approximate surface area is 177 Å². The molecule has 0 aliphatic heterocycles. The fourth-order valence-corrected chi connectivity index (χ4v) is 4.78. The first-order chi connectivity index (χ1) is 13.9. The van der Waals surface area contributed by atoms with Crippen LogP contribution in [0.25, 0.3) is 0 Å². The molecule has 0 amide bonds. The van der Waals surface area contributed by atoms with Crippen molar-refractivity contribution in [2.24, 2.45) is 0 Å². The summed E-state index contributed by atoms with van der Waals surface area (Å²) in [5.74, 6) is -0.00992. The normalized spacial score (nSPS) is 12.6. The molecule has 1 heterocycles.